The number of carbonyl (C=O) groups is 2. The normalized spacial score (nSPS) is 30.9. The smallest absolute Gasteiger partial charge is 0.335 e. The van der Waals surface area contributed by atoms with Crippen LogP contribution in [0.5, 0.6) is 11.5 Å². The molecule has 13 nitrogen and oxygen atoms in total. The zero-order chi connectivity index (χ0) is 27.3. The lowest BCUT2D eigenvalue weighted by Gasteiger charge is -2.41. The Balaban J connectivity index is 1.68. The average Bonchev–Trinajstić information content (AvgIpc) is 2.86. The van der Waals surface area contributed by atoms with Crippen LogP contribution >= 0.6 is 0 Å². The molecular weight excluding hydrogens is 496 g/mol. The van der Waals surface area contributed by atoms with Gasteiger partial charge in [0.1, 0.15) is 24.4 Å². The molecule has 1 saturated heterocycles. The monoisotopic (exact) mass is 526 g/mol. The van der Waals surface area contributed by atoms with Crippen molar-refractivity contribution in [3.8, 4) is 11.5 Å². The van der Waals surface area contributed by atoms with E-state index in [2.05, 4.69) is 0 Å². The van der Waals surface area contributed by atoms with E-state index in [1.165, 1.54) is 18.2 Å². The number of hydrogen-bond acceptors (Lipinski definition) is 12. The number of allylic oxidation sites excluding steroid dienone is 1. The van der Waals surface area contributed by atoms with Gasteiger partial charge in [-0.05, 0) is 24.6 Å². The first kappa shape index (κ1) is 28.4. The molecule has 13 heteroatoms. The third-order valence-electron chi connectivity index (χ3n) is 6.12. The summed E-state index contributed by atoms with van der Waals surface area (Å²) in [6, 6.07) is 4.17. The first-order valence-electron chi connectivity index (χ1n) is 11.4. The van der Waals surface area contributed by atoms with Gasteiger partial charge in [0.05, 0.1) is 31.5 Å². The molecule has 0 saturated carbocycles. The number of aromatic hydroxyl groups is 2. The van der Waals surface area contributed by atoms with Crippen LogP contribution in [-0.4, -0.2) is 97.9 Å². The quantitative estimate of drug-likeness (QED) is 0.120. The van der Waals surface area contributed by atoms with Crippen LogP contribution < -0.4 is 0 Å². The van der Waals surface area contributed by atoms with E-state index in [9.17, 15) is 45.3 Å². The summed E-state index contributed by atoms with van der Waals surface area (Å²) in [5.74, 6) is -3.70. The van der Waals surface area contributed by atoms with Crippen molar-refractivity contribution in [2.45, 2.75) is 56.8 Å². The van der Waals surface area contributed by atoms with Gasteiger partial charge in [0.25, 0.3) is 0 Å². The Morgan fingerprint density at radius 2 is 1.81 bits per heavy atom. The van der Waals surface area contributed by atoms with Crippen LogP contribution in [0.3, 0.4) is 0 Å². The lowest BCUT2D eigenvalue weighted by Crippen LogP contribution is -2.60. The highest BCUT2D eigenvalue weighted by atomic mass is 16.8. The van der Waals surface area contributed by atoms with Crippen LogP contribution in [0.25, 0.3) is 0 Å². The highest BCUT2D eigenvalue weighted by Crippen LogP contribution is 2.36. The molecule has 0 bridgehead atoms. The van der Waals surface area contributed by atoms with Crippen LogP contribution in [-0.2, 0) is 35.0 Å². The number of rotatable bonds is 9. The summed E-state index contributed by atoms with van der Waals surface area (Å²) in [6.07, 6.45) is -6.90. The minimum atomic E-state index is -1.72. The Morgan fingerprint density at radius 3 is 2.43 bits per heavy atom. The SMILES string of the molecule is C/C=C1\[C@H](O[C@@H]2O[C@H](CO)[C@@H](O)[C@H](O)[C@H]2O)OC=C(C(=O)O)[C@@H]1CC(=O)OCCc1ccc(O)c(O)c1. The number of aliphatic carboxylic acids is 1. The fraction of sp³-hybridized carbons (Fsp3) is 0.500. The van der Waals surface area contributed by atoms with Gasteiger partial charge in [0, 0.05) is 17.9 Å². The van der Waals surface area contributed by atoms with Crippen LogP contribution in [0.4, 0.5) is 0 Å². The average molecular weight is 526 g/mol. The van der Waals surface area contributed by atoms with E-state index in [0.29, 0.717) is 5.56 Å². The Bertz CT molecular complexity index is 1030. The van der Waals surface area contributed by atoms with Crippen LogP contribution in [0.2, 0.25) is 0 Å². The first-order valence-corrected chi connectivity index (χ1v) is 11.4. The molecule has 3 rings (SSSR count). The summed E-state index contributed by atoms with van der Waals surface area (Å²) in [5.41, 5.74) is 0.557. The Kier molecular flexibility index (Phi) is 9.48. The molecule has 2 heterocycles. The number of carbonyl (C=O) groups excluding carboxylic acids is 1. The van der Waals surface area contributed by atoms with Gasteiger partial charge in [0.2, 0.25) is 6.29 Å². The fourth-order valence-corrected chi connectivity index (χ4v) is 4.05. The van der Waals surface area contributed by atoms with E-state index in [4.69, 9.17) is 18.9 Å². The number of hydrogen-bond donors (Lipinski definition) is 7. The van der Waals surface area contributed by atoms with Crippen molar-refractivity contribution in [2.75, 3.05) is 13.2 Å². The van der Waals surface area contributed by atoms with Gasteiger partial charge in [-0.1, -0.05) is 12.1 Å². The largest absolute Gasteiger partial charge is 0.504 e. The highest BCUT2D eigenvalue weighted by molar-refractivity contribution is 5.89. The molecule has 0 radical (unpaired) electrons. The summed E-state index contributed by atoms with van der Waals surface area (Å²) in [5, 5.41) is 68.1. The fourth-order valence-electron chi connectivity index (χ4n) is 4.05. The lowest BCUT2D eigenvalue weighted by atomic mass is 9.86. The minimum Gasteiger partial charge on any atom is -0.504 e. The van der Waals surface area contributed by atoms with Crippen molar-refractivity contribution in [3.05, 3.63) is 47.2 Å². The molecule has 0 aliphatic carbocycles. The van der Waals surface area contributed by atoms with Gasteiger partial charge >= 0.3 is 11.9 Å². The molecule has 0 spiro atoms. The highest BCUT2D eigenvalue weighted by Gasteiger charge is 2.46. The van der Waals surface area contributed by atoms with Crippen LogP contribution in [0.15, 0.2) is 41.7 Å². The second kappa shape index (κ2) is 12.4. The van der Waals surface area contributed by atoms with Crippen LogP contribution in [0.1, 0.15) is 18.9 Å². The van der Waals surface area contributed by atoms with Gasteiger partial charge in [0.15, 0.2) is 17.8 Å². The molecular formula is C24H30O13. The molecule has 1 fully saturated rings. The van der Waals surface area contributed by atoms with E-state index in [1.54, 1.807) is 13.0 Å². The Hall–Kier alpha value is -3.20. The molecule has 1 aromatic rings. The van der Waals surface area contributed by atoms with Crippen molar-refractivity contribution in [1.82, 2.24) is 0 Å². The van der Waals surface area contributed by atoms with E-state index in [1.807, 2.05) is 0 Å². The van der Waals surface area contributed by atoms with Crippen molar-refractivity contribution in [3.63, 3.8) is 0 Å². The molecule has 37 heavy (non-hydrogen) atoms. The number of phenols is 2. The summed E-state index contributed by atoms with van der Waals surface area (Å²) in [7, 11) is 0. The van der Waals surface area contributed by atoms with Gasteiger partial charge in [-0.25, -0.2) is 4.79 Å². The molecule has 204 valence electrons. The second-order valence-electron chi connectivity index (χ2n) is 8.52. The van der Waals surface area contributed by atoms with E-state index in [-0.39, 0.29) is 35.7 Å². The topological polar surface area (TPSA) is 213 Å². The summed E-state index contributed by atoms with van der Waals surface area (Å²) in [4.78, 5) is 24.4. The maximum atomic E-state index is 12.6. The molecule has 2 aliphatic rings. The number of carboxylic acids is 1. The molecule has 0 aromatic heterocycles. The number of benzene rings is 1. The maximum Gasteiger partial charge on any atom is 0.335 e. The van der Waals surface area contributed by atoms with Gasteiger partial charge in [-0.2, -0.15) is 0 Å². The predicted octanol–water partition coefficient (Wildman–Crippen LogP) is -0.723. The van der Waals surface area contributed by atoms with E-state index >= 15 is 0 Å². The molecule has 0 unspecified atom stereocenters. The maximum absolute atomic E-state index is 12.6. The van der Waals surface area contributed by atoms with Crippen molar-refractivity contribution in [2.24, 2.45) is 5.92 Å². The third-order valence-corrected chi connectivity index (χ3v) is 6.12. The zero-order valence-electron chi connectivity index (χ0n) is 19.8. The van der Waals surface area contributed by atoms with Gasteiger partial charge in [-0.3, -0.25) is 4.79 Å². The first-order chi connectivity index (χ1) is 17.6. The van der Waals surface area contributed by atoms with Crippen molar-refractivity contribution in [1.29, 1.82) is 0 Å². The summed E-state index contributed by atoms with van der Waals surface area (Å²) < 4.78 is 21.6. The Labute approximate surface area is 211 Å². The van der Waals surface area contributed by atoms with Gasteiger partial charge < -0.3 is 54.7 Å². The predicted molar refractivity (Wildman–Crippen MR) is 122 cm³/mol. The standard InChI is InChI=1S/C24H30O13/c1-2-12-13(8-18(28)34-6-5-11-3-4-15(26)16(27)7-11)14(22(32)33)10-35-23(12)37-24-21(31)20(30)19(29)17(9-25)36-24/h2-4,7,10,13,17,19-21,23-27,29-31H,5-6,8-9H2,1H3,(H,32,33)/b12-2-/t13-,17-,19-,20+,21-,23+,24+/m1/s1. The lowest BCUT2D eigenvalue weighted by molar-refractivity contribution is -0.327. The number of phenolic OH excluding ortho intramolecular Hbond substituents is 2. The number of ether oxygens (including phenoxy) is 4. The van der Waals surface area contributed by atoms with Crippen molar-refractivity contribution >= 4 is 11.9 Å². The molecule has 1 aromatic carbocycles. The number of aliphatic hydroxyl groups excluding tert-OH is 4. The molecule has 7 atom stereocenters. The summed E-state index contributed by atoms with van der Waals surface area (Å²) >= 11 is 0. The van der Waals surface area contributed by atoms with Crippen LogP contribution in [0, 0.1) is 5.92 Å². The zero-order valence-corrected chi connectivity index (χ0v) is 19.8. The number of carboxylic acid groups (broad SMARTS) is 1. The molecule has 0 amide bonds. The van der Waals surface area contributed by atoms with E-state index < -0.39 is 67.9 Å². The summed E-state index contributed by atoms with van der Waals surface area (Å²) in [6.45, 7) is 0.811. The molecule has 2 aliphatic heterocycles. The van der Waals surface area contributed by atoms with Gasteiger partial charge in [-0.15, -0.1) is 0 Å². The molecule has 7 N–H and O–H groups in total. The minimum absolute atomic E-state index is 0.0750. The number of aliphatic hydroxyl groups is 4. The van der Waals surface area contributed by atoms with Crippen molar-refractivity contribution < 1.29 is 64.3 Å². The third kappa shape index (κ3) is 6.57. The second-order valence-corrected chi connectivity index (χ2v) is 8.52. The Morgan fingerprint density at radius 1 is 1.08 bits per heavy atom. The number of esters is 1. The van der Waals surface area contributed by atoms with E-state index in [0.717, 1.165) is 6.26 Å².